The summed E-state index contributed by atoms with van der Waals surface area (Å²) in [6.07, 6.45) is 0. The van der Waals surface area contributed by atoms with Crippen molar-refractivity contribution in [3.8, 4) is 0 Å². The highest BCUT2D eigenvalue weighted by molar-refractivity contribution is 8.77. The van der Waals surface area contributed by atoms with Crippen molar-refractivity contribution >= 4 is 33.5 Å². The van der Waals surface area contributed by atoms with E-state index in [2.05, 4.69) is 10.1 Å². The van der Waals surface area contributed by atoms with Crippen LogP contribution in [0.1, 0.15) is 0 Å². The summed E-state index contributed by atoms with van der Waals surface area (Å²) < 4.78 is 4.40. The van der Waals surface area contributed by atoms with E-state index >= 15 is 0 Å². The molecule has 1 saturated heterocycles. The van der Waals surface area contributed by atoms with Crippen molar-refractivity contribution in [2.24, 2.45) is 5.92 Å². The second kappa shape index (κ2) is 5.39. The number of hydrogen-bond donors (Lipinski definition) is 1. The first kappa shape index (κ1) is 10.7. The predicted molar refractivity (Wildman–Crippen MR) is 53.4 cm³/mol. The van der Waals surface area contributed by atoms with Crippen LogP contribution in [0.15, 0.2) is 0 Å². The number of ether oxygens (including phenoxy) is 1. The van der Waals surface area contributed by atoms with Crippen molar-refractivity contribution in [2.75, 3.05) is 25.2 Å². The molecule has 1 aliphatic heterocycles. The fourth-order valence-electron chi connectivity index (χ4n) is 0.836. The SMILES string of the molecule is COC(=O)CNC(=O)C1CSSC1. The number of nitrogens with one attached hydrogen (secondary N) is 1. The van der Waals surface area contributed by atoms with Crippen molar-refractivity contribution in [1.29, 1.82) is 0 Å². The Hall–Kier alpha value is -0.360. The van der Waals surface area contributed by atoms with E-state index in [1.807, 2.05) is 0 Å². The highest BCUT2D eigenvalue weighted by Gasteiger charge is 2.23. The number of methoxy groups -OCH3 is 1. The van der Waals surface area contributed by atoms with Crippen molar-refractivity contribution in [1.82, 2.24) is 5.32 Å². The molecule has 0 unspecified atom stereocenters. The third kappa shape index (κ3) is 3.48. The van der Waals surface area contributed by atoms with Crippen molar-refractivity contribution in [3.05, 3.63) is 0 Å². The molecule has 0 saturated carbocycles. The van der Waals surface area contributed by atoms with E-state index in [1.54, 1.807) is 21.6 Å². The summed E-state index contributed by atoms with van der Waals surface area (Å²) in [5, 5.41) is 2.54. The van der Waals surface area contributed by atoms with Crippen LogP contribution in [0.3, 0.4) is 0 Å². The summed E-state index contributed by atoms with van der Waals surface area (Å²) >= 11 is 0. The molecule has 1 amide bonds. The summed E-state index contributed by atoms with van der Waals surface area (Å²) in [7, 11) is 4.68. The first-order chi connectivity index (χ1) is 6.24. The van der Waals surface area contributed by atoms with Gasteiger partial charge in [-0.05, 0) is 0 Å². The van der Waals surface area contributed by atoms with E-state index in [-0.39, 0.29) is 18.4 Å². The molecule has 0 bridgehead atoms. The molecule has 6 heteroatoms. The zero-order valence-electron chi connectivity index (χ0n) is 7.24. The number of rotatable bonds is 3. The lowest BCUT2D eigenvalue weighted by Gasteiger charge is -2.07. The molecule has 1 aliphatic rings. The van der Waals surface area contributed by atoms with E-state index < -0.39 is 5.97 Å². The van der Waals surface area contributed by atoms with Gasteiger partial charge in [-0.15, -0.1) is 0 Å². The monoisotopic (exact) mass is 221 g/mol. The van der Waals surface area contributed by atoms with Crippen LogP contribution in [0.4, 0.5) is 0 Å². The normalized spacial score (nSPS) is 17.0. The molecule has 74 valence electrons. The molecule has 1 N–H and O–H groups in total. The first-order valence-corrected chi connectivity index (χ1v) is 6.31. The topological polar surface area (TPSA) is 55.4 Å². The summed E-state index contributed by atoms with van der Waals surface area (Å²) in [6, 6.07) is 0. The third-order valence-corrected chi connectivity index (χ3v) is 4.19. The second-order valence-corrected chi connectivity index (χ2v) is 5.11. The van der Waals surface area contributed by atoms with Gasteiger partial charge in [-0.3, -0.25) is 9.59 Å². The van der Waals surface area contributed by atoms with Gasteiger partial charge in [0.05, 0.1) is 13.0 Å². The van der Waals surface area contributed by atoms with Crippen LogP contribution in [0.2, 0.25) is 0 Å². The average Bonchev–Trinajstić information content (AvgIpc) is 2.66. The van der Waals surface area contributed by atoms with Gasteiger partial charge in [0.1, 0.15) is 6.54 Å². The first-order valence-electron chi connectivity index (χ1n) is 3.83. The van der Waals surface area contributed by atoms with Gasteiger partial charge in [0.25, 0.3) is 0 Å². The molecule has 0 aromatic carbocycles. The molecule has 0 radical (unpaired) electrons. The second-order valence-electron chi connectivity index (χ2n) is 2.56. The van der Waals surface area contributed by atoms with E-state index in [0.717, 1.165) is 11.5 Å². The lowest BCUT2D eigenvalue weighted by Crippen LogP contribution is -2.35. The van der Waals surface area contributed by atoms with Crippen LogP contribution in [0, 0.1) is 5.92 Å². The number of amides is 1. The van der Waals surface area contributed by atoms with Crippen molar-refractivity contribution < 1.29 is 14.3 Å². The molecule has 4 nitrogen and oxygen atoms in total. The maximum absolute atomic E-state index is 11.3. The molecule has 0 atom stereocenters. The third-order valence-electron chi connectivity index (χ3n) is 1.63. The molecule has 0 aromatic rings. The molecule has 1 fully saturated rings. The van der Waals surface area contributed by atoms with Crippen molar-refractivity contribution in [3.63, 3.8) is 0 Å². The smallest absolute Gasteiger partial charge is 0.325 e. The van der Waals surface area contributed by atoms with Crippen LogP contribution in [0.5, 0.6) is 0 Å². The van der Waals surface area contributed by atoms with Crippen LogP contribution < -0.4 is 5.32 Å². The summed E-state index contributed by atoms with van der Waals surface area (Å²) in [5.41, 5.74) is 0. The van der Waals surface area contributed by atoms with Gasteiger partial charge in [0.2, 0.25) is 5.91 Å². The maximum Gasteiger partial charge on any atom is 0.325 e. The number of esters is 1. The minimum atomic E-state index is -0.411. The molecule has 1 heterocycles. The maximum atomic E-state index is 11.3. The van der Waals surface area contributed by atoms with Gasteiger partial charge >= 0.3 is 5.97 Å². The zero-order chi connectivity index (χ0) is 9.68. The Balaban J connectivity index is 2.20. The summed E-state index contributed by atoms with van der Waals surface area (Å²) in [5.74, 6) is 1.24. The molecule has 1 rings (SSSR count). The Morgan fingerprint density at radius 1 is 1.46 bits per heavy atom. The largest absolute Gasteiger partial charge is 0.468 e. The molecular formula is C7H11NO3S2. The Bertz CT molecular complexity index is 204. The van der Waals surface area contributed by atoms with Gasteiger partial charge in [0, 0.05) is 11.5 Å². The van der Waals surface area contributed by atoms with E-state index in [9.17, 15) is 9.59 Å². The van der Waals surface area contributed by atoms with Crippen molar-refractivity contribution in [2.45, 2.75) is 0 Å². The Kier molecular flexibility index (Phi) is 4.44. The predicted octanol–water partition coefficient (Wildman–Crippen LogP) is 0.287. The van der Waals surface area contributed by atoms with Crippen LogP contribution in [-0.4, -0.2) is 37.0 Å². The van der Waals surface area contributed by atoms with Crippen LogP contribution >= 0.6 is 21.6 Å². The van der Waals surface area contributed by atoms with E-state index in [4.69, 9.17) is 0 Å². The minimum absolute atomic E-state index is 0.0266. The minimum Gasteiger partial charge on any atom is -0.468 e. The summed E-state index contributed by atoms with van der Waals surface area (Å²) in [6.45, 7) is -0.0266. The quantitative estimate of drug-likeness (QED) is 0.548. The van der Waals surface area contributed by atoms with E-state index in [0.29, 0.717) is 0 Å². The Morgan fingerprint density at radius 3 is 2.62 bits per heavy atom. The van der Waals surface area contributed by atoms with Gasteiger partial charge < -0.3 is 10.1 Å². The zero-order valence-corrected chi connectivity index (χ0v) is 8.87. The number of carbonyl (C=O) groups excluding carboxylic acids is 2. The van der Waals surface area contributed by atoms with Gasteiger partial charge in [-0.25, -0.2) is 0 Å². The van der Waals surface area contributed by atoms with Crippen LogP contribution in [-0.2, 0) is 14.3 Å². The lowest BCUT2D eigenvalue weighted by molar-refractivity contribution is -0.141. The molecule has 0 spiro atoms. The van der Waals surface area contributed by atoms with Crippen LogP contribution in [0.25, 0.3) is 0 Å². The Labute approximate surface area is 84.6 Å². The molecular weight excluding hydrogens is 210 g/mol. The molecule has 0 aromatic heterocycles. The number of carbonyl (C=O) groups is 2. The highest BCUT2D eigenvalue weighted by atomic mass is 33.1. The summed E-state index contributed by atoms with van der Waals surface area (Å²) in [4.78, 5) is 22.0. The fourth-order valence-corrected chi connectivity index (χ4v) is 3.61. The Morgan fingerprint density at radius 2 is 2.08 bits per heavy atom. The molecule has 0 aliphatic carbocycles. The average molecular weight is 221 g/mol. The standard InChI is InChI=1S/C7H11NO3S2/c1-11-6(9)2-8-7(10)5-3-12-13-4-5/h5H,2-4H2,1H3,(H,8,10). The van der Waals surface area contributed by atoms with Gasteiger partial charge in [0.15, 0.2) is 0 Å². The van der Waals surface area contributed by atoms with Gasteiger partial charge in [-0.1, -0.05) is 21.6 Å². The van der Waals surface area contributed by atoms with E-state index in [1.165, 1.54) is 7.11 Å². The fraction of sp³-hybridized carbons (Fsp3) is 0.714. The van der Waals surface area contributed by atoms with Gasteiger partial charge in [-0.2, -0.15) is 0 Å². The lowest BCUT2D eigenvalue weighted by atomic mass is 10.2. The molecule has 13 heavy (non-hydrogen) atoms. The highest BCUT2D eigenvalue weighted by Crippen LogP contribution is 2.34. The number of hydrogen-bond acceptors (Lipinski definition) is 5.